The quantitative estimate of drug-likeness (QED) is 0.562. The summed E-state index contributed by atoms with van der Waals surface area (Å²) in [7, 11) is 1.89. The largest absolute Gasteiger partial charge is 0.406 e. The monoisotopic (exact) mass is 401 g/mol. The van der Waals surface area contributed by atoms with Gasteiger partial charge < -0.3 is 4.90 Å². The molecule has 4 aromatic rings. The molecule has 4 rings (SSSR count). The molecule has 0 unspecified atom stereocenters. The second-order valence-electron chi connectivity index (χ2n) is 6.79. The van der Waals surface area contributed by atoms with Crippen LogP contribution in [0.5, 0.6) is 0 Å². The summed E-state index contributed by atoms with van der Waals surface area (Å²) in [5.41, 5.74) is 1.33. The molecule has 9 heteroatoms. The van der Waals surface area contributed by atoms with Crippen molar-refractivity contribution in [2.24, 2.45) is 0 Å². The van der Waals surface area contributed by atoms with Gasteiger partial charge in [0.1, 0.15) is 12.4 Å². The number of alkyl halides is 3. The van der Waals surface area contributed by atoms with E-state index in [0.29, 0.717) is 28.8 Å². The Labute approximate surface area is 163 Å². The molecule has 0 aliphatic carbocycles. The summed E-state index contributed by atoms with van der Waals surface area (Å²) in [6.45, 7) is 1.32. The van der Waals surface area contributed by atoms with Crippen molar-refractivity contribution in [1.29, 1.82) is 0 Å². The summed E-state index contributed by atoms with van der Waals surface area (Å²) in [4.78, 5) is 19.1. The first-order chi connectivity index (χ1) is 13.8. The van der Waals surface area contributed by atoms with Gasteiger partial charge in [-0.1, -0.05) is 12.1 Å². The number of benzene rings is 1. The van der Waals surface area contributed by atoms with Gasteiger partial charge in [-0.05, 0) is 30.7 Å². The predicted octanol–water partition coefficient (Wildman–Crippen LogP) is 3.96. The van der Waals surface area contributed by atoms with E-state index in [1.165, 1.54) is 6.20 Å². The molecule has 29 heavy (non-hydrogen) atoms. The van der Waals surface area contributed by atoms with Crippen LogP contribution in [0.4, 0.5) is 19.0 Å². The second-order valence-corrected chi connectivity index (χ2v) is 6.79. The molecule has 3 heterocycles. The van der Waals surface area contributed by atoms with Crippen LogP contribution in [0.2, 0.25) is 0 Å². The maximum Gasteiger partial charge on any atom is 0.406 e. The minimum Gasteiger partial charge on any atom is -0.359 e. The lowest BCUT2D eigenvalue weighted by Gasteiger charge is -2.20. The van der Waals surface area contributed by atoms with Crippen molar-refractivity contribution < 1.29 is 13.2 Å². The van der Waals surface area contributed by atoms with Crippen molar-refractivity contribution >= 4 is 27.6 Å². The molecule has 0 saturated heterocycles. The number of hydrogen-bond acceptors (Lipinski definition) is 4. The van der Waals surface area contributed by atoms with Crippen molar-refractivity contribution in [2.75, 3.05) is 18.5 Å². The molecule has 0 aliphatic rings. The Kier molecular flexibility index (Phi) is 4.52. The highest BCUT2D eigenvalue weighted by Crippen LogP contribution is 2.32. The lowest BCUT2D eigenvalue weighted by Crippen LogP contribution is -2.28. The van der Waals surface area contributed by atoms with Gasteiger partial charge in [0.15, 0.2) is 0 Å². The number of halogens is 3. The molecular formula is C20H18F3N5O. The van der Waals surface area contributed by atoms with E-state index >= 15 is 0 Å². The molecule has 0 radical (unpaired) electrons. The smallest absolute Gasteiger partial charge is 0.359 e. The minimum absolute atomic E-state index is 0.127. The molecular weight excluding hydrogens is 383 g/mol. The lowest BCUT2D eigenvalue weighted by atomic mass is 10.0. The fraction of sp³-hybridized carbons (Fsp3) is 0.250. The van der Waals surface area contributed by atoms with Crippen molar-refractivity contribution in [3.05, 3.63) is 53.1 Å². The van der Waals surface area contributed by atoms with Gasteiger partial charge >= 0.3 is 6.18 Å². The zero-order chi connectivity index (χ0) is 20.8. The van der Waals surface area contributed by atoms with Crippen LogP contribution in [0.25, 0.3) is 32.9 Å². The molecule has 0 saturated carbocycles. The molecule has 0 spiro atoms. The molecule has 1 aromatic carbocycles. The van der Waals surface area contributed by atoms with Gasteiger partial charge in [-0.3, -0.25) is 14.5 Å². The summed E-state index contributed by atoms with van der Waals surface area (Å²) < 4.78 is 40.4. The summed E-state index contributed by atoms with van der Waals surface area (Å²) in [5.74, 6) is 0.710. The average molecular weight is 401 g/mol. The third kappa shape index (κ3) is 3.32. The van der Waals surface area contributed by atoms with E-state index in [4.69, 9.17) is 0 Å². The van der Waals surface area contributed by atoms with E-state index in [1.54, 1.807) is 24.4 Å². The Bertz CT molecular complexity index is 1260. The molecule has 0 atom stereocenters. The van der Waals surface area contributed by atoms with E-state index in [1.807, 2.05) is 31.0 Å². The van der Waals surface area contributed by atoms with Gasteiger partial charge in [-0.15, -0.1) is 0 Å². The number of rotatable bonds is 4. The molecule has 3 aromatic heterocycles. The average Bonchev–Trinajstić information content (AvgIpc) is 3.19. The van der Waals surface area contributed by atoms with Crippen molar-refractivity contribution in [3.8, 4) is 11.1 Å². The zero-order valence-electron chi connectivity index (χ0n) is 15.8. The molecule has 0 fully saturated rings. The number of nitrogens with zero attached hydrogens (tertiary/aromatic N) is 4. The van der Waals surface area contributed by atoms with Crippen LogP contribution in [0.1, 0.15) is 6.92 Å². The van der Waals surface area contributed by atoms with Crippen molar-refractivity contribution in [2.45, 2.75) is 19.6 Å². The van der Waals surface area contributed by atoms with Crippen molar-refractivity contribution in [3.63, 3.8) is 0 Å². The van der Waals surface area contributed by atoms with Crippen LogP contribution in [0, 0.1) is 0 Å². The predicted molar refractivity (Wildman–Crippen MR) is 106 cm³/mol. The molecule has 0 bridgehead atoms. The number of aromatic nitrogens is 4. The maximum atomic E-state index is 13.2. The van der Waals surface area contributed by atoms with Gasteiger partial charge in [0.05, 0.1) is 22.6 Å². The van der Waals surface area contributed by atoms with Gasteiger partial charge in [0.25, 0.3) is 5.56 Å². The van der Waals surface area contributed by atoms with Crippen LogP contribution < -0.4 is 10.5 Å². The van der Waals surface area contributed by atoms with Gasteiger partial charge in [-0.2, -0.15) is 18.3 Å². The van der Waals surface area contributed by atoms with E-state index < -0.39 is 18.3 Å². The Morgan fingerprint density at radius 3 is 2.72 bits per heavy atom. The van der Waals surface area contributed by atoms with Gasteiger partial charge in [0.2, 0.25) is 0 Å². The third-order valence-corrected chi connectivity index (χ3v) is 4.94. The summed E-state index contributed by atoms with van der Waals surface area (Å²) in [6.07, 6.45) is -1.61. The number of H-pyrrole nitrogens is 1. The lowest BCUT2D eigenvalue weighted by molar-refractivity contribution is -0.140. The third-order valence-electron chi connectivity index (χ3n) is 4.94. The van der Waals surface area contributed by atoms with Gasteiger partial charge in [0, 0.05) is 30.7 Å². The molecule has 150 valence electrons. The topological polar surface area (TPSA) is 66.8 Å². The normalized spacial score (nSPS) is 12.0. The second kappa shape index (κ2) is 6.91. The van der Waals surface area contributed by atoms with Crippen LogP contribution in [0.3, 0.4) is 0 Å². The summed E-state index contributed by atoms with van der Waals surface area (Å²) in [5, 5.41) is 7.20. The first-order valence-corrected chi connectivity index (χ1v) is 9.03. The van der Waals surface area contributed by atoms with E-state index in [2.05, 4.69) is 15.2 Å². The van der Waals surface area contributed by atoms with Gasteiger partial charge in [-0.25, -0.2) is 4.98 Å². The number of aromatic amines is 1. The van der Waals surface area contributed by atoms with Crippen LogP contribution in [-0.2, 0) is 6.54 Å². The number of fused-ring (bicyclic) bond motifs is 3. The zero-order valence-corrected chi connectivity index (χ0v) is 15.8. The highest BCUT2D eigenvalue weighted by Gasteiger charge is 2.30. The molecule has 6 nitrogen and oxygen atoms in total. The van der Waals surface area contributed by atoms with Crippen molar-refractivity contribution in [1.82, 2.24) is 19.7 Å². The Balaban J connectivity index is 2.03. The van der Waals surface area contributed by atoms with E-state index in [0.717, 1.165) is 10.1 Å². The highest BCUT2D eigenvalue weighted by molar-refractivity contribution is 6.04. The SMILES string of the molecule is CCN(C)c1ncccc1-c1ccc2c3[nH]ncc3c(=O)n(CC(F)(F)F)c2c1. The fourth-order valence-corrected chi connectivity index (χ4v) is 3.45. The van der Waals surface area contributed by atoms with Crippen LogP contribution in [-0.4, -0.2) is 39.5 Å². The standard InChI is InChI=1S/C20H18F3N5O/c1-3-27(2)18-13(5-4-8-24-18)12-6-7-14-16(9-12)28(11-20(21,22)23)19(29)15-10-25-26-17(14)15/h4-10H,3,11H2,1-2H3,(H,25,26). The Morgan fingerprint density at radius 1 is 1.21 bits per heavy atom. The first kappa shape index (κ1) is 19.0. The first-order valence-electron chi connectivity index (χ1n) is 9.03. The number of nitrogens with one attached hydrogen (secondary N) is 1. The van der Waals surface area contributed by atoms with E-state index in [9.17, 15) is 18.0 Å². The van der Waals surface area contributed by atoms with Crippen LogP contribution >= 0.6 is 0 Å². The van der Waals surface area contributed by atoms with Crippen LogP contribution in [0.15, 0.2) is 47.5 Å². The summed E-state index contributed by atoms with van der Waals surface area (Å²) >= 11 is 0. The van der Waals surface area contributed by atoms with E-state index in [-0.39, 0.29) is 10.9 Å². The Morgan fingerprint density at radius 2 is 2.00 bits per heavy atom. The molecule has 1 N–H and O–H groups in total. The Hall–Kier alpha value is -3.36. The molecule has 0 amide bonds. The number of anilines is 1. The fourth-order valence-electron chi connectivity index (χ4n) is 3.45. The summed E-state index contributed by atoms with van der Waals surface area (Å²) in [6, 6.07) is 8.76. The molecule has 0 aliphatic heterocycles. The minimum atomic E-state index is -4.54. The highest BCUT2D eigenvalue weighted by atomic mass is 19.4. The number of pyridine rings is 2. The maximum absolute atomic E-state index is 13.2. The number of hydrogen-bond donors (Lipinski definition) is 1.